The number of hydrogen-bond acceptors (Lipinski definition) is 9. The van der Waals surface area contributed by atoms with Crippen LogP contribution in [-0.4, -0.2) is 103 Å². The lowest BCUT2D eigenvalue weighted by molar-refractivity contribution is 0.163. The Labute approximate surface area is 280 Å². The first-order valence-electron chi connectivity index (χ1n) is 17.5. The van der Waals surface area contributed by atoms with Gasteiger partial charge in [-0.25, -0.2) is 0 Å². The zero-order valence-electron chi connectivity index (χ0n) is 28.7. The topological polar surface area (TPSA) is 75.0 Å². The summed E-state index contributed by atoms with van der Waals surface area (Å²) in [5, 5.41) is 12.2. The van der Waals surface area contributed by atoms with Crippen molar-refractivity contribution >= 4 is 22.3 Å². The van der Waals surface area contributed by atoms with E-state index in [0.717, 1.165) is 70.3 Å². The first-order valence-corrected chi connectivity index (χ1v) is 17.5. The zero-order valence-corrected chi connectivity index (χ0v) is 28.7. The molecular weight excluding hydrogens is 584 g/mol. The maximum absolute atomic E-state index is 9.65. The molecule has 9 heteroatoms. The number of nitrogens with zero attached hydrogens (tertiary/aromatic N) is 8. The summed E-state index contributed by atoms with van der Waals surface area (Å²) in [7, 11) is 4.39. The average molecular weight is 635 g/mol. The summed E-state index contributed by atoms with van der Waals surface area (Å²) in [4.78, 5) is 22.5. The highest BCUT2D eigenvalue weighted by molar-refractivity contribution is 5.97. The highest BCUT2D eigenvalue weighted by Crippen LogP contribution is 2.47. The number of rotatable bonds is 10. The van der Waals surface area contributed by atoms with Gasteiger partial charge in [-0.3, -0.25) is 0 Å². The lowest BCUT2D eigenvalue weighted by Crippen LogP contribution is -2.51. The van der Waals surface area contributed by atoms with Crippen LogP contribution in [0, 0.1) is 23.7 Å². The lowest BCUT2D eigenvalue weighted by Gasteiger charge is -2.42. The first-order chi connectivity index (χ1) is 22.9. The molecule has 248 valence electrons. The van der Waals surface area contributed by atoms with E-state index in [4.69, 9.17) is 14.7 Å². The molecule has 1 saturated carbocycles. The molecule has 1 unspecified atom stereocenters. The summed E-state index contributed by atoms with van der Waals surface area (Å²) >= 11 is 0. The number of aryl methyl sites for hydroxylation is 1. The molecule has 1 aromatic heterocycles. The van der Waals surface area contributed by atoms with Gasteiger partial charge in [0, 0.05) is 67.4 Å². The molecule has 4 aliphatic rings. The fraction of sp³-hybridized carbons (Fsp3) is 0.553. The van der Waals surface area contributed by atoms with E-state index < -0.39 is 0 Å². The van der Waals surface area contributed by atoms with E-state index in [2.05, 4.69) is 100 Å². The Balaban J connectivity index is 1.17. The Kier molecular flexibility index (Phi) is 8.99. The van der Waals surface area contributed by atoms with Crippen molar-refractivity contribution in [3.05, 3.63) is 65.5 Å². The maximum Gasteiger partial charge on any atom is 0.318 e. The van der Waals surface area contributed by atoms with Crippen LogP contribution in [0.3, 0.4) is 0 Å². The van der Waals surface area contributed by atoms with Gasteiger partial charge in [0.25, 0.3) is 0 Å². The number of fused-ring (bicyclic) bond motifs is 2. The van der Waals surface area contributed by atoms with Crippen molar-refractivity contribution < 1.29 is 4.74 Å². The number of benzene rings is 2. The van der Waals surface area contributed by atoms with Crippen molar-refractivity contribution in [2.45, 2.75) is 64.6 Å². The normalized spacial score (nSPS) is 22.7. The number of likely N-dealkylation sites (tertiary alicyclic amines) is 1. The summed E-state index contributed by atoms with van der Waals surface area (Å²) in [6, 6.07) is 16.9. The van der Waals surface area contributed by atoms with E-state index in [0.29, 0.717) is 25.1 Å². The molecule has 2 atom stereocenters. The van der Waals surface area contributed by atoms with E-state index in [-0.39, 0.29) is 11.5 Å². The summed E-state index contributed by atoms with van der Waals surface area (Å²) in [5.74, 6) is 1.00. The fourth-order valence-electron chi connectivity index (χ4n) is 8.02. The number of nitriles is 1. The van der Waals surface area contributed by atoms with Crippen molar-refractivity contribution in [1.29, 1.82) is 5.26 Å². The molecular formula is C38H50N8O. The highest BCUT2D eigenvalue weighted by Gasteiger charge is 2.46. The smallest absolute Gasteiger partial charge is 0.318 e. The minimum atomic E-state index is 0.125. The van der Waals surface area contributed by atoms with Crippen LogP contribution in [0.25, 0.3) is 10.8 Å². The van der Waals surface area contributed by atoms with Gasteiger partial charge in [0.1, 0.15) is 5.82 Å². The van der Waals surface area contributed by atoms with Gasteiger partial charge in [0.15, 0.2) is 0 Å². The standard InChI is InChI=1S/C38H50N8O/c1-5-18-44-21-22-46(24-31(44)12-17-39)36-32-14-20-45(34-11-7-10-29-9-6-8-28(2)35(29)34)25-33(32)40-37(41-36)47-27-38(15-16-38)26-43-19-13-30(23-43)42(3)4/h5-11,18,30-31H,12-16,19-27H2,1-4H3/t30-,31?/m0/s1. The van der Waals surface area contributed by atoms with Crippen molar-refractivity contribution in [3.8, 4) is 12.1 Å². The number of anilines is 2. The number of aromatic nitrogens is 2. The number of hydrogen-bond donors (Lipinski definition) is 0. The summed E-state index contributed by atoms with van der Waals surface area (Å²) in [5.41, 5.74) is 5.05. The second-order valence-corrected chi connectivity index (χ2v) is 14.5. The third-order valence-electron chi connectivity index (χ3n) is 11.0. The number of piperazine rings is 1. The van der Waals surface area contributed by atoms with Gasteiger partial charge in [-0.15, -0.1) is 0 Å². The maximum atomic E-state index is 9.65. The molecule has 3 aliphatic heterocycles. The van der Waals surface area contributed by atoms with Gasteiger partial charge < -0.3 is 29.2 Å². The molecule has 1 aliphatic carbocycles. The summed E-state index contributed by atoms with van der Waals surface area (Å²) in [6.07, 6.45) is 9.19. The zero-order chi connectivity index (χ0) is 32.5. The largest absolute Gasteiger partial charge is 0.463 e. The minimum absolute atomic E-state index is 0.125. The van der Waals surface area contributed by atoms with Crippen molar-refractivity contribution in [2.75, 3.05) is 76.3 Å². The number of likely N-dealkylation sites (N-methyl/N-ethyl adjacent to an activating group) is 1. The molecule has 0 spiro atoms. The quantitative estimate of drug-likeness (QED) is 0.298. The van der Waals surface area contributed by atoms with Crippen LogP contribution < -0.4 is 14.5 Å². The van der Waals surface area contributed by atoms with Gasteiger partial charge >= 0.3 is 6.01 Å². The van der Waals surface area contributed by atoms with Crippen LogP contribution in [0.15, 0.2) is 48.7 Å². The molecule has 7 rings (SSSR count). The Morgan fingerprint density at radius 3 is 2.62 bits per heavy atom. The molecule has 4 heterocycles. The molecule has 0 amide bonds. The molecule has 3 aromatic rings. The van der Waals surface area contributed by atoms with Gasteiger partial charge in [-0.1, -0.05) is 36.4 Å². The highest BCUT2D eigenvalue weighted by atomic mass is 16.5. The molecule has 3 fully saturated rings. The van der Waals surface area contributed by atoms with E-state index in [1.54, 1.807) is 0 Å². The van der Waals surface area contributed by atoms with Crippen molar-refractivity contribution in [3.63, 3.8) is 0 Å². The molecule has 9 nitrogen and oxygen atoms in total. The second-order valence-electron chi connectivity index (χ2n) is 14.5. The van der Waals surface area contributed by atoms with E-state index in [9.17, 15) is 5.26 Å². The van der Waals surface area contributed by atoms with Crippen LogP contribution in [0.1, 0.15) is 49.4 Å². The fourth-order valence-corrected chi connectivity index (χ4v) is 8.02. The predicted molar refractivity (Wildman–Crippen MR) is 189 cm³/mol. The Morgan fingerprint density at radius 1 is 1.04 bits per heavy atom. The molecule has 0 bridgehead atoms. The molecule has 0 radical (unpaired) electrons. The first kappa shape index (κ1) is 31.7. The van der Waals surface area contributed by atoms with Gasteiger partial charge in [-0.2, -0.15) is 15.2 Å². The van der Waals surface area contributed by atoms with Crippen molar-refractivity contribution in [1.82, 2.24) is 24.7 Å². The van der Waals surface area contributed by atoms with Gasteiger partial charge in [0.05, 0.1) is 37.4 Å². The molecule has 47 heavy (non-hydrogen) atoms. The van der Waals surface area contributed by atoms with Gasteiger partial charge in [0.2, 0.25) is 0 Å². The van der Waals surface area contributed by atoms with Crippen LogP contribution in [0.4, 0.5) is 11.5 Å². The van der Waals surface area contributed by atoms with Crippen molar-refractivity contribution in [2.24, 2.45) is 5.41 Å². The van der Waals surface area contributed by atoms with Gasteiger partial charge in [-0.05, 0) is 83.4 Å². The second kappa shape index (κ2) is 13.3. The Hall–Kier alpha value is -3.87. The third kappa shape index (κ3) is 6.63. The van der Waals surface area contributed by atoms with Crippen LogP contribution in [-0.2, 0) is 13.0 Å². The predicted octanol–water partition coefficient (Wildman–Crippen LogP) is 5.23. The number of ether oxygens (including phenoxy) is 1. The number of allylic oxidation sites excluding steroid dienone is 1. The molecule has 2 aromatic carbocycles. The minimum Gasteiger partial charge on any atom is -0.463 e. The lowest BCUT2D eigenvalue weighted by atomic mass is 9.99. The summed E-state index contributed by atoms with van der Waals surface area (Å²) in [6.45, 7) is 12.4. The molecule has 2 saturated heterocycles. The van der Waals surface area contributed by atoms with Crippen LogP contribution in [0.5, 0.6) is 6.01 Å². The SMILES string of the molecule is CC=CN1CCN(c2nc(OCC3(CN4CC[C@H](N(C)C)C4)CC3)nc3c2CCN(c2cccc4cccc(C)c24)C3)CC1CC#N. The Bertz CT molecular complexity index is 1650. The van der Waals surface area contributed by atoms with E-state index in [1.807, 2.05) is 6.92 Å². The average Bonchev–Trinajstić information content (AvgIpc) is 3.68. The van der Waals surface area contributed by atoms with E-state index >= 15 is 0 Å². The Morgan fingerprint density at radius 2 is 1.87 bits per heavy atom. The van der Waals surface area contributed by atoms with Crippen LogP contribution >= 0.6 is 0 Å². The third-order valence-corrected chi connectivity index (χ3v) is 11.0. The monoisotopic (exact) mass is 634 g/mol. The van der Waals surface area contributed by atoms with Crippen LogP contribution in [0.2, 0.25) is 0 Å². The van der Waals surface area contributed by atoms with E-state index in [1.165, 1.54) is 46.8 Å². The molecule has 0 N–H and O–H groups in total. The summed E-state index contributed by atoms with van der Waals surface area (Å²) < 4.78 is 6.60.